The average Bonchev–Trinajstić information content (AvgIpc) is 2.18. The lowest BCUT2D eigenvalue weighted by Crippen LogP contribution is -2.20. The normalized spacial score (nSPS) is 9.86. The third-order valence-corrected chi connectivity index (χ3v) is 2.10. The summed E-state index contributed by atoms with van der Waals surface area (Å²) >= 11 is 0. The second-order valence-electron chi connectivity index (χ2n) is 3.24. The fourth-order valence-corrected chi connectivity index (χ4v) is 1.44. The molecule has 76 valence electrons. The van der Waals surface area contributed by atoms with Crippen LogP contribution in [0.4, 0.5) is 5.69 Å². The zero-order chi connectivity index (χ0) is 10.6. The lowest BCUT2D eigenvalue weighted by Gasteiger charge is -2.20. The number of carbonyl (C=O) groups is 1. The van der Waals surface area contributed by atoms with Gasteiger partial charge >= 0.3 is 5.97 Å². The highest BCUT2D eigenvalue weighted by atomic mass is 16.4. The van der Waals surface area contributed by atoms with Crippen molar-refractivity contribution in [3.8, 4) is 0 Å². The predicted octanol–water partition coefficient (Wildman–Crippen LogP) is 2.23. The number of benzene rings is 1. The van der Waals surface area contributed by atoms with Gasteiger partial charge in [0, 0.05) is 13.6 Å². The molecule has 0 spiro atoms. The zero-order valence-corrected chi connectivity index (χ0v) is 8.53. The molecule has 0 fully saturated rings. The Morgan fingerprint density at radius 2 is 2.07 bits per heavy atom. The summed E-state index contributed by atoms with van der Waals surface area (Å²) in [5.74, 6) is -0.872. The predicted molar refractivity (Wildman–Crippen MR) is 57.0 cm³/mol. The van der Waals surface area contributed by atoms with Crippen LogP contribution in [0.1, 0.15) is 23.7 Å². The van der Waals surface area contributed by atoms with Crippen LogP contribution in [-0.2, 0) is 0 Å². The highest BCUT2D eigenvalue weighted by Gasteiger charge is 2.11. The van der Waals surface area contributed by atoms with E-state index in [-0.39, 0.29) is 0 Å². The Balaban J connectivity index is 3.00. The molecule has 1 N–H and O–H groups in total. The highest BCUT2D eigenvalue weighted by Crippen LogP contribution is 2.18. The number of carboxylic acid groups (broad SMARTS) is 1. The van der Waals surface area contributed by atoms with Crippen LogP contribution < -0.4 is 4.90 Å². The molecule has 1 aromatic carbocycles. The van der Waals surface area contributed by atoms with E-state index in [0.717, 1.165) is 18.7 Å². The van der Waals surface area contributed by atoms with E-state index in [1.165, 1.54) is 0 Å². The van der Waals surface area contributed by atoms with E-state index in [1.54, 1.807) is 12.1 Å². The van der Waals surface area contributed by atoms with Crippen LogP contribution in [-0.4, -0.2) is 24.7 Å². The van der Waals surface area contributed by atoms with Gasteiger partial charge in [-0.1, -0.05) is 19.1 Å². The van der Waals surface area contributed by atoms with Gasteiger partial charge in [-0.05, 0) is 18.6 Å². The van der Waals surface area contributed by atoms with E-state index < -0.39 is 5.97 Å². The fraction of sp³-hybridized carbons (Fsp3) is 0.364. The maximum absolute atomic E-state index is 10.9. The molecule has 0 amide bonds. The first-order valence-corrected chi connectivity index (χ1v) is 4.70. The molecule has 0 unspecified atom stereocenters. The minimum Gasteiger partial charge on any atom is -0.478 e. The Kier molecular flexibility index (Phi) is 3.51. The van der Waals surface area contributed by atoms with Crippen molar-refractivity contribution in [1.82, 2.24) is 0 Å². The van der Waals surface area contributed by atoms with Crippen molar-refractivity contribution in [1.29, 1.82) is 0 Å². The number of carboxylic acids is 1. The first-order chi connectivity index (χ1) is 6.66. The van der Waals surface area contributed by atoms with Crippen molar-refractivity contribution in [3.63, 3.8) is 0 Å². The van der Waals surface area contributed by atoms with E-state index in [4.69, 9.17) is 5.11 Å². The second-order valence-corrected chi connectivity index (χ2v) is 3.24. The van der Waals surface area contributed by atoms with E-state index in [1.807, 2.05) is 24.1 Å². The van der Waals surface area contributed by atoms with E-state index in [0.29, 0.717) is 5.56 Å². The van der Waals surface area contributed by atoms with Crippen molar-refractivity contribution in [2.75, 3.05) is 18.5 Å². The van der Waals surface area contributed by atoms with Crippen LogP contribution in [0, 0.1) is 0 Å². The van der Waals surface area contributed by atoms with Gasteiger partial charge in [0.1, 0.15) is 0 Å². The number of para-hydroxylation sites is 1. The molecule has 0 aliphatic carbocycles. The summed E-state index contributed by atoms with van der Waals surface area (Å²) in [4.78, 5) is 12.9. The molecule has 1 rings (SSSR count). The lowest BCUT2D eigenvalue weighted by molar-refractivity contribution is 0.0697. The van der Waals surface area contributed by atoms with Gasteiger partial charge in [0.25, 0.3) is 0 Å². The number of nitrogens with zero attached hydrogens (tertiary/aromatic N) is 1. The van der Waals surface area contributed by atoms with Gasteiger partial charge in [-0.2, -0.15) is 0 Å². The minimum atomic E-state index is -0.872. The van der Waals surface area contributed by atoms with E-state index in [2.05, 4.69) is 6.92 Å². The Labute approximate surface area is 84.0 Å². The Bertz CT molecular complexity index is 323. The summed E-state index contributed by atoms with van der Waals surface area (Å²) in [7, 11) is 1.91. The van der Waals surface area contributed by atoms with Crippen molar-refractivity contribution >= 4 is 11.7 Å². The van der Waals surface area contributed by atoms with Gasteiger partial charge in [0.2, 0.25) is 0 Å². The molecule has 0 bridgehead atoms. The lowest BCUT2D eigenvalue weighted by atomic mass is 10.1. The molecule has 14 heavy (non-hydrogen) atoms. The monoisotopic (exact) mass is 193 g/mol. The number of aromatic carboxylic acids is 1. The third-order valence-electron chi connectivity index (χ3n) is 2.10. The Hall–Kier alpha value is -1.51. The van der Waals surface area contributed by atoms with Crippen molar-refractivity contribution in [3.05, 3.63) is 29.8 Å². The molecule has 0 aromatic heterocycles. The number of anilines is 1. The van der Waals surface area contributed by atoms with Crippen LogP contribution in [0.5, 0.6) is 0 Å². The summed E-state index contributed by atoms with van der Waals surface area (Å²) in [6.45, 7) is 2.93. The van der Waals surface area contributed by atoms with Gasteiger partial charge in [-0.15, -0.1) is 0 Å². The first kappa shape index (κ1) is 10.6. The number of rotatable bonds is 4. The zero-order valence-electron chi connectivity index (χ0n) is 8.53. The van der Waals surface area contributed by atoms with Crippen LogP contribution in [0.15, 0.2) is 24.3 Å². The van der Waals surface area contributed by atoms with Gasteiger partial charge in [-0.3, -0.25) is 0 Å². The molecular weight excluding hydrogens is 178 g/mol. The van der Waals surface area contributed by atoms with E-state index in [9.17, 15) is 4.79 Å². The van der Waals surface area contributed by atoms with Crippen molar-refractivity contribution in [2.45, 2.75) is 13.3 Å². The molecular formula is C11H15NO2. The fourth-order valence-electron chi connectivity index (χ4n) is 1.44. The quantitative estimate of drug-likeness (QED) is 0.797. The summed E-state index contributed by atoms with van der Waals surface area (Å²) in [6.07, 6.45) is 1.00. The second kappa shape index (κ2) is 4.65. The van der Waals surface area contributed by atoms with Crippen LogP contribution in [0.25, 0.3) is 0 Å². The van der Waals surface area contributed by atoms with Crippen LogP contribution >= 0.6 is 0 Å². The molecule has 0 radical (unpaired) electrons. The average molecular weight is 193 g/mol. The number of hydrogen-bond acceptors (Lipinski definition) is 2. The largest absolute Gasteiger partial charge is 0.478 e. The molecule has 0 heterocycles. The molecule has 3 heteroatoms. The summed E-state index contributed by atoms with van der Waals surface area (Å²) < 4.78 is 0. The summed E-state index contributed by atoms with van der Waals surface area (Å²) in [5.41, 5.74) is 1.14. The summed E-state index contributed by atoms with van der Waals surface area (Å²) in [6, 6.07) is 7.06. The standard InChI is InChI=1S/C11H15NO2/c1-3-8-12(2)10-7-5-4-6-9(10)11(13)14/h4-7H,3,8H2,1-2H3,(H,13,14). The topological polar surface area (TPSA) is 40.5 Å². The SMILES string of the molecule is CCCN(C)c1ccccc1C(=O)O. The van der Waals surface area contributed by atoms with Crippen LogP contribution in [0.3, 0.4) is 0 Å². The van der Waals surface area contributed by atoms with Crippen molar-refractivity contribution < 1.29 is 9.90 Å². The molecule has 0 saturated carbocycles. The highest BCUT2D eigenvalue weighted by molar-refractivity contribution is 5.94. The molecule has 0 saturated heterocycles. The Morgan fingerprint density at radius 1 is 1.43 bits per heavy atom. The van der Waals surface area contributed by atoms with Gasteiger partial charge in [0.15, 0.2) is 0 Å². The first-order valence-electron chi connectivity index (χ1n) is 4.70. The van der Waals surface area contributed by atoms with Crippen LogP contribution in [0.2, 0.25) is 0 Å². The minimum absolute atomic E-state index is 0.364. The molecule has 1 aromatic rings. The smallest absolute Gasteiger partial charge is 0.337 e. The Morgan fingerprint density at radius 3 is 2.64 bits per heavy atom. The molecule has 0 atom stereocenters. The van der Waals surface area contributed by atoms with Crippen molar-refractivity contribution in [2.24, 2.45) is 0 Å². The summed E-state index contributed by atoms with van der Waals surface area (Å²) in [5, 5.41) is 8.96. The van der Waals surface area contributed by atoms with E-state index >= 15 is 0 Å². The van der Waals surface area contributed by atoms with Gasteiger partial charge < -0.3 is 10.0 Å². The molecule has 0 aliphatic rings. The molecule has 0 aliphatic heterocycles. The third kappa shape index (κ3) is 2.25. The molecule has 3 nitrogen and oxygen atoms in total. The maximum atomic E-state index is 10.9. The van der Waals surface area contributed by atoms with Gasteiger partial charge in [-0.25, -0.2) is 4.79 Å². The maximum Gasteiger partial charge on any atom is 0.337 e. The number of hydrogen-bond donors (Lipinski definition) is 1. The van der Waals surface area contributed by atoms with Gasteiger partial charge in [0.05, 0.1) is 11.3 Å².